The first-order valence-electron chi connectivity index (χ1n) is 7.54. The Morgan fingerprint density at radius 2 is 1.72 bits per heavy atom. The maximum atomic E-state index is 5.85. The molecule has 4 aliphatic carbocycles. The Kier molecular flexibility index (Phi) is 2.60. The Morgan fingerprint density at radius 1 is 1.11 bits per heavy atom. The van der Waals surface area contributed by atoms with E-state index < -0.39 is 0 Å². The van der Waals surface area contributed by atoms with Crippen LogP contribution in [0.25, 0.3) is 0 Å². The van der Waals surface area contributed by atoms with Crippen LogP contribution in [0.4, 0.5) is 0 Å². The van der Waals surface area contributed by atoms with E-state index in [1.807, 2.05) is 11.3 Å². The first kappa shape index (κ1) is 11.5. The number of nitrogens with two attached hydrogens (primary N) is 1. The topological polar surface area (TPSA) is 26.0 Å². The Labute approximate surface area is 114 Å². The molecule has 4 fully saturated rings. The fourth-order valence-corrected chi connectivity index (χ4v) is 6.65. The lowest BCUT2D eigenvalue weighted by atomic mass is 9.51. The van der Waals surface area contributed by atoms with Gasteiger partial charge >= 0.3 is 0 Å². The number of rotatable bonds is 2. The predicted octanol–water partition coefficient (Wildman–Crippen LogP) is 4.05. The van der Waals surface area contributed by atoms with Crippen molar-refractivity contribution >= 4 is 11.3 Å². The standard InChI is InChI=1S/C16H23NS/c1-9-14(8-17)7-15(18-9)16-12-3-10-2-11(5-12)6-13(16)4-10/h7,10-13,16H,2-6,8,17H2,1H3. The lowest BCUT2D eigenvalue weighted by Gasteiger charge is -2.54. The molecule has 4 aliphatic rings. The molecule has 1 nitrogen and oxygen atoms in total. The molecule has 0 atom stereocenters. The second-order valence-corrected chi connectivity index (χ2v) is 8.18. The first-order chi connectivity index (χ1) is 8.74. The average molecular weight is 261 g/mol. The zero-order valence-corrected chi connectivity index (χ0v) is 12.0. The Hall–Kier alpha value is -0.340. The van der Waals surface area contributed by atoms with Crippen LogP contribution in [-0.4, -0.2) is 0 Å². The van der Waals surface area contributed by atoms with Crippen LogP contribution in [-0.2, 0) is 6.54 Å². The van der Waals surface area contributed by atoms with Crippen molar-refractivity contribution in [3.05, 3.63) is 21.4 Å². The van der Waals surface area contributed by atoms with Gasteiger partial charge in [0.05, 0.1) is 0 Å². The van der Waals surface area contributed by atoms with E-state index in [0.29, 0.717) is 0 Å². The van der Waals surface area contributed by atoms with Gasteiger partial charge in [-0.15, -0.1) is 11.3 Å². The fourth-order valence-electron chi connectivity index (χ4n) is 5.30. The van der Waals surface area contributed by atoms with Crippen molar-refractivity contribution < 1.29 is 0 Å². The fraction of sp³-hybridized carbons (Fsp3) is 0.750. The van der Waals surface area contributed by atoms with E-state index in [0.717, 1.165) is 36.1 Å². The molecule has 5 rings (SSSR count). The van der Waals surface area contributed by atoms with Crippen molar-refractivity contribution in [3.63, 3.8) is 0 Å². The van der Waals surface area contributed by atoms with Crippen LogP contribution >= 0.6 is 11.3 Å². The van der Waals surface area contributed by atoms with E-state index in [-0.39, 0.29) is 0 Å². The maximum Gasteiger partial charge on any atom is 0.0189 e. The molecule has 98 valence electrons. The highest BCUT2D eigenvalue weighted by Gasteiger charge is 2.48. The molecule has 0 aliphatic heterocycles. The molecule has 0 spiro atoms. The SMILES string of the molecule is Cc1sc(C2C3CC4CC(C3)CC2C4)cc1CN. The van der Waals surface area contributed by atoms with Gasteiger partial charge in [0, 0.05) is 16.3 Å². The van der Waals surface area contributed by atoms with Gasteiger partial charge in [0.2, 0.25) is 0 Å². The van der Waals surface area contributed by atoms with Crippen LogP contribution in [0.5, 0.6) is 0 Å². The van der Waals surface area contributed by atoms with Crippen molar-refractivity contribution in [3.8, 4) is 0 Å². The van der Waals surface area contributed by atoms with Crippen LogP contribution in [0.15, 0.2) is 6.07 Å². The molecule has 0 aromatic carbocycles. The highest BCUT2D eigenvalue weighted by Crippen LogP contribution is 2.60. The molecule has 4 saturated carbocycles. The van der Waals surface area contributed by atoms with E-state index in [4.69, 9.17) is 5.73 Å². The van der Waals surface area contributed by atoms with E-state index >= 15 is 0 Å². The molecule has 1 aromatic rings. The molecule has 4 bridgehead atoms. The van der Waals surface area contributed by atoms with Crippen molar-refractivity contribution in [2.45, 2.75) is 51.5 Å². The molecule has 1 aromatic heterocycles. The smallest absolute Gasteiger partial charge is 0.0189 e. The quantitative estimate of drug-likeness (QED) is 0.854. The van der Waals surface area contributed by atoms with Gasteiger partial charge in [-0.2, -0.15) is 0 Å². The third-order valence-electron chi connectivity index (χ3n) is 5.81. The Bertz CT molecular complexity index is 434. The van der Waals surface area contributed by atoms with E-state index in [1.54, 1.807) is 11.3 Å². The van der Waals surface area contributed by atoms with Gasteiger partial charge in [-0.05, 0) is 80.2 Å². The maximum absolute atomic E-state index is 5.85. The van der Waals surface area contributed by atoms with Crippen molar-refractivity contribution in [2.75, 3.05) is 0 Å². The number of hydrogen-bond acceptors (Lipinski definition) is 2. The zero-order valence-electron chi connectivity index (χ0n) is 11.2. The van der Waals surface area contributed by atoms with Crippen molar-refractivity contribution in [1.82, 2.24) is 0 Å². The molecule has 2 N–H and O–H groups in total. The van der Waals surface area contributed by atoms with Crippen LogP contribution in [0.1, 0.15) is 53.3 Å². The van der Waals surface area contributed by atoms with Gasteiger partial charge in [-0.3, -0.25) is 0 Å². The first-order valence-corrected chi connectivity index (χ1v) is 8.35. The summed E-state index contributed by atoms with van der Waals surface area (Å²) in [5.41, 5.74) is 7.24. The summed E-state index contributed by atoms with van der Waals surface area (Å²) < 4.78 is 0. The third kappa shape index (κ3) is 1.61. The summed E-state index contributed by atoms with van der Waals surface area (Å²) in [6.07, 6.45) is 7.63. The number of aryl methyl sites for hydroxylation is 1. The minimum atomic E-state index is 0.718. The lowest BCUT2D eigenvalue weighted by Crippen LogP contribution is -2.43. The predicted molar refractivity (Wildman–Crippen MR) is 76.7 cm³/mol. The van der Waals surface area contributed by atoms with E-state index in [1.165, 1.54) is 36.1 Å². The molecular formula is C16H23NS. The van der Waals surface area contributed by atoms with Crippen LogP contribution < -0.4 is 5.73 Å². The molecule has 0 radical (unpaired) electrons. The second-order valence-electron chi connectivity index (χ2n) is 6.89. The largest absolute Gasteiger partial charge is 0.326 e. The molecule has 0 saturated heterocycles. The summed E-state index contributed by atoms with van der Waals surface area (Å²) in [5.74, 6) is 5.06. The van der Waals surface area contributed by atoms with Gasteiger partial charge in [0.1, 0.15) is 0 Å². The van der Waals surface area contributed by atoms with Crippen LogP contribution in [0.3, 0.4) is 0 Å². The van der Waals surface area contributed by atoms with Gasteiger partial charge in [-0.25, -0.2) is 0 Å². The Morgan fingerprint density at radius 3 is 2.22 bits per heavy atom. The second kappa shape index (κ2) is 4.08. The summed E-state index contributed by atoms with van der Waals surface area (Å²) >= 11 is 2.04. The van der Waals surface area contributed by atoms with Gasteiger partial charge in [0.25, 0.3) is 0 Å². The molecule has 0 unspecified atom stereocenters. The van der Waals surface area contributed by atoms with Crippen LogP contribution in [0.2, 0.25) is 0 Å². The van der Waals surface area contributed by atoms with Gasteiger partial charge in [-0.1, -0.05) is 0 Å². The molecule has 2 heteroatoms. The summed E-state index contributed by atoms with van der Waals surface area (Å²) in [7, 11) is 0. The van der Waals surface area contributed by atoms with Crippen molar-refractivity contribution in [2.24, 2.45) is 29.4 Å². The Balaban J connectivity index is 1.67. The molecule has 18 heavy (non-hydrogen) atoms. The summed E-state index contributed by atoms with van der Waals surface area (Å²) in [4.78, 5) is 3.13. The van der Waals surface area contributed by atoms with Gasteiger partial charge < -0.3 is 5.73 Å². The number of hydrogen-bond donors (Lipinski definition) is 1. The normalized spacial score (nSPS) is 41.6. The monoisotopic (exact) mass is 261 g/mol. The lowest BCUT2D eigenvalue weighted by molar-refractivity contribution is -0.00161. The summed E-state index contributed by atoms with van der Waals surface area (Å²) in [6, 6.07) is 2.44. The third-order valence-corrected chi connectivity index (χ3v) is 7.01. The molecule has 0 amide bonds. The minimum absolute atomic E-state index is 0.718. The van der Waals surface area contributed by atoms with Crippen LogP contribution in [0, 0.1) is 30.6 Å². The van der Waals surface area contributed by atoms with E-state index in [2.05, 4.69) is 13.0 Å². The van der Waals surface area contributed by atoms with Crippen molar-refractivity contribution in [1.29, 1.82) is 0 Å². The zero-order chi connectivity index (χ0) is 12.3. The average Bonchev–Trinajstić information content (AvgIpc) is 2.69. The molecular weight excluding hydrogens is 238 g/mol. The summed E-state index contributed by atoms with van der Waals surface area (Å²) in [6.45, 7) is 2.96. The minimum Gasteiger partial charge on any atom is -0.326 e. The van der Waals surface area contributed by atoms with E-state index in [9.17, 15) is 0 Å². The molecule has 1 heterocycles. The highest BCUT2D eigenvalue weighted by molar-refractivity contribution is 7.12. The highest BCUT2D eigenvalue weighted by atomic mass is 32.1. The number of thiophene rings is 1. The summed E-state index contributed by atoms with van der Waals surface area (Å²) in [5, 5.41) is 0. The van der Waals surface area contributed by atoms with Gasteiger partial charge in [0.15, 0.2) is 0 Å².